The van der Waals surface area contributed by atoms with Crippen molar-refractivity contribution in [1.29, 1.82) is 5.26 Å². The van der Waals surface area contributed by atoms with Gasteiger partial charge >= 0.3 is 0 Å². The summed E-state index contributed by atoms with van der Waals surface area (Å²) in [5.41, 5.74) is 0. The maximum Gasteiger partial charge on any atom is 0.215 e. The molecule has 0 aromatic heterocycles. The number of nitrogens with zero attached hydrogens (tertiary/aromatic N) is 1. The van der Waals surface area contributed by atoms with Gasteiger partial charge in [-0.05, 0) is 19.3 Å². The predicted molar refractivity (Wildman–Crippen MR) is 63.2 cm³/mol. The lowest BCUT2D eigenvalue weighted by molar-refractivity contribution is 0.473. The van der Waals surface area contributed by atoms with Crippen LogP contribution in [0.5, 0.6) is 0 Å². The van der Waals surface area contributed by atoms with E-state index < -0.39 is 16.1 Å². The zero-order chi connectivity index (χ0) is 12.0. The van der Waals surface area contributed by atoms with Gasteiger partial charge in [0.15, 0.2) is 0 Å². The number of sulfonamides is 1. The summed E-state index contributed by atoms with van der Waals surface area (Å²) in [6.07, 6.45) is 5.96. The zero-order valence-electron chi connectivity index (χ0n) is 9.78. The molecule has 5 heteroatoms. The van der Waals surface area contributed by atoms with Crippen molar-refractivity contribution in [3.63, 3.8) is 0 Å². The lowest BCUT2D eigenvalue weighted by atomic mass is 10.0. The minimum atomic E-state index is -3.29. The number of hydrogen-bond acceptors (Lipinski definition) is 3. The zero-order valence-corrected chi connectivity index (χ0v) is 10.6. The van der Waals surface area contributed by atoms with Crippen molar-refractivity contribution in [1.82, 2.24) is 4.72 Å². The van der Waals surface area contributed by atoms with Crippen LogP contribution in [0.15, 0.2) is 0 Å². The second-order valence-electron chi connectivity index (χ2n) is 4.39. The van der Waals surface area contributed by atoms with Crippen LogP contribution in [0.25, 0.3) is 0 Å². The van der Waals surface area contributed by atoms with E-state index in [1.807, 2.05) is 13.0 Å². The van der Waals surface area contributed by atoms with E-state index in [1.165, 1.54) is 0 Å². The van der Waals surface area contributed by atoms with Crippen molar-refractivity contribution in [2.45, 2.75) is 63.2 Å². The Hall–Kier alpha value is -0.600. The highest BCUT2D eigenvalue weighted by Gasteiger charge is 2.28. The van der Waals surface area contributed by atoms with E-state index in [0.29, 0.717) is 6.42 Å². The molecule has 92 valence electrons. The van der Waals surface area contributed by atoms with Gasteiger partial charge in [0, 0.05) is 0 Å². The van der Waals surface area contributed by atoms with Crippen molar-refractivity contribution in [3.8, 4) is 6.07 Å². The van der Waals surface area contributed by atoms with Gasteiger partial charge in [0.05, 0.1) is 11.3 Å². The molecule has 0 heterocycles. The van der Waals surface area contributed by atoms with E-state index in [-0.39, 0.29) is 5.25 Å². The summed E-state index contributed by atoms with van der Waals surface area (Å²) in [6, 6.07) is 1.45. The van der Waals surface area contributed by atoms with Crippen molar-refractivity contribution in [2.75, 3.05) is 0 Å². The van der Waals surface area contributed by atoms with E-state index in [9.17, 15) is 8.42 Å². The van der Waals surface area contributed by atoms with Crippen LogP contribution in [0.2, 0.25) is 0 Å². The Kier molecular flexibility index (Phi) is 5.23. The molecule has 0 amide bonds. The summed E-state index contributed by atoms with van der Waals surface area (Å²) in [7, 11) is -3.29. The number of nitriles is 1. The summed E-state index contributed by atoms with van der Waals surface area (Å²) in [5, 5.41) is 8.56. The minimum Gasteiger partial charge on any atom is -0.212 e. The molecule has 1 rings (SSSR count). The van der Waals surface area contributed by atoms with Gasteiger partial charge in [-0.1, -0.05) is 32.6 Å². The van der Waals surface area contributed by atoms with E-state index >= 15 is 0 Å². The van der Waals surface area contributed by atoms with Crippen LogP contribution in [0.4, 0.5) is 0 Å². The molecule has 1 aliphatic carbocycles. The second-order valence-corrected chi connectivity index (χ2v) is 6.39. The molecule has 1 saturated carbocycles. The average molecular weight is 244 g/mol. The molecule has 0 aromatic rings. The van der Waals surface area contributed by atoms with Crippen molar-refractivity contribution in [2.24, 2.45) is 0 Å². The van der Waals surface area contributed by atoms with Gasteiger partial charge in [0.25, 0.3) is 0 Å². The molecular weight excluding hydrogens is 224 g/mol. The second kappa shape index (κ2) is 6.21. The standard InChI is InChI=1S/C11H20N2O2S/c1-2-6-10(9-12)13-16(14,15)11-7-4-3-5-8-11/h10-11,13H,2-8H2,1H3. The molecular formula is C11H20N2O2S. The van der Waals surface area contributed by atoms with Gasteiger partial charge < -0.3 is 0 Å². The molecule has 0 radical (unpaired) electrons. The third kappa shape index (κ3) is 3.76. The molecule has 0 saturated heterocycles. The van der Waals surface area contributed by atoms with E-state index in [4.69, 9.17) is 5.26 Å². The summed E-state index contributed by atoms with van der Waals surface area (Å²) < 4.78 is 26.5. The van der Waals surface area contributed by atoms with Gasteiger partial charge in [0.2, 0.25) is 10.0 Å². The maximum absolute atomic E-state index is 12.0. The minimum absolute atomic E-state index is 0.283. The van der Waals surface area contributed by atoms with Crippen molar-refractivity contribution < 1.29 is 8.42 Å². The Labute approximate surface area is 98.1 Å². The molecule has 1 atom stereocenters. The molecule has 16 heavy (non-hydrogen) atoms. The highest BCUT2D eigenvalue weighted by Crippen LogP contribution is 2.23. The fourth-order valence-corrected chi connectivity index (χ4v) is 3.82. The Morgan fingerprint density at radius 1 is 1.38 bits per heavy atom. The molecule has 0 aromatic carbocycles. The van der Waals surface area contributed by atoms with E-state index in [1.54, 1.807) is 0 Å². The van der Waals surface area contributed by atoms with Crippen LogP contribution in [-0.4, -0.2) is 19.7 Å². The molecule has 0 aliphatic heterocycles. The monoisotopic (exact) mass is 244 g/mol. The predicted octanol–water partition coefficient (Wildman–Crippen LogP) is 1.93. The average Bonchev–Trinajstić information content (AvgIpc) is 2.29. The van der Waals surface area contributed by atoms with Gasteiger partial charge in [-0.2, -0.15) is 9.98 Å². The van der Waals surface area contributed by atoms with Gasteiger partial charge in [-0.25, -0.2) is 8.42 Å². The van der Waals surface area contributed by atoms with E-state index in [0.717, 1.165) is 38.5 Å². The van der Waals surface area contributed by atoms with Crippen LogP contribution in [0, 0.1) is 11.3 Å². The number of rotatable bonds is 5. The van der Waals surface area contributed by atoms with Crippen molar-refractivity contribution in [3.05, 3.63) is 0 Å². The largest absolute Gasteiger partial charge is 0.215 e. The Morgan fingerprint density at radius 2 is 2.00 bits per heavy atom. The number of nitrogens with one attached hydrogen (secondary N) is 1. The molecule has 0 spiro atoms. The summed E-state index contributed by atoms with van der Waals surface area (Å²) in [5.74, 6) is 0. The SMILES string of the molecule is CCCC(C#N)NS(=O)(=O)C1CCCCC1. The van der Waals surface area contributed by atoms with Crippen LogP contribution in [0.1, 0.15) is 51.9 Å². The lowest BCUT2D eigenvalue weighted by Crippen LogP contribution is -2.41. The highest BCUT2D eigenvalue weighted by atomic mass is 32.2. The first kappa shape index (κ1) is 13.5. The number of hydrogen-bond donors (Lipinski definition) is 1. The van der Waals surface area contributed by atoms with E-state index in [2.05, 4.69) is 4.72 Å². The summed E-state index contributed by atoms with van der Waals surface area (Å²) in [6.45, 7) is 1.94. The van der Waals surface area contributed by atoms with Crippen LogP contribution < -0.4 is 4.72 Å². The molecule has 0 bridgehead atoms. The first-order valence-electron chi connectivity index (χ1n) is 6.01. The first-order chi connectivity index (χ1) is 7.60. The quantitative estimate of drug-likeness (QED) is 0.803. The third-order valence-corrected chi connectivity index (χ3v) is 4.99. The fraction of sp³-hybridized carbons (Fsp3) is 0.909. The lowest BCUT2D eigenvalue weighted by Gasteiger charge is -2.23. The smallest absolute Gasteiger partial charge is 0.212 e. The Balaban J connectivity index is 2.59. The van der Waals surface area contributed by atoms with Crippen LogP contribution >= 0.6 is 0 Å². The molecule has 4 nitrogen and oxygen atoms in total. The topological polar surface area (TPSA) is 70.0 Å². The maximum atomic E-state index is 12.0. The Bertz CT molecular complexity index is 339. The van der Waals surface area contributed by atoms with Crippen molar-refractivity contribution >= 4 is 10.0 Å². The fourth-order valence-electron chi connectivity index (χ4n) is 2.11. The molecule has 1 fully saturated rings. The normalized spacial score (nSPS) is 20.2. The molecule has 1 N–H and O–H groups in total. The molecule has 1 unspecified atom stereocenters. The van der Waals surface area contributed by atoms with Gasteiger partial charge in [-0.15, -0.1) is 0 Å². The highest BCUT2D eigenvalue weighted by molar-refractivity contribution is 7.90. The summed E-state index contributed by atoms with van der Waals surface area (Å²) in [4.78, 5) is 0. The van der Waals surface area contributed by atoms with Gasteiger partial charge in [0.1, 0.15) is 6.04 Å². The summed E-state index contributed by atoms with van der Waals surface area (Å²) >= 11 is 0. The van der Waals surface area contributed by atoms with Crippen LogP contribution in [0.3, 0.4) is 0 Å². The Morgan fingerprint density at radius 3 is 2.50 bits per heavy atom. The van der Waals surface area contributed by atoms with Crippen LogP contribution in [-0.2, 0) is 10.0 Å². The third-order valence-electron chi connectivity index (χ3n) is 3.03. The molecule has 1 aliphatic rings. The van der Waals surface area contributed by atoms with Gasteiger partial charge in [-0.3, -0.25) is 0 Å². The first-order valence-corrected chi connectivity index (χ1v) is 7.55.